The van der Waals surface area contributed by atoms with Gasteiger partial charge in [0.2, 0.25) is 5.75 Å². The lowest BCUT2D eigenvalue weighted by Gasteiger charge is -2.06. The number of nitrogens with zero attached hydrogens (tertiary/aromatic N) is 2. The van der Waals surface area contributed by atoms with Crippen molar-refractivity contribution < 1.29 is 19.2 Å². The van der Waals surface area contributed by atoms with Gasteiger partial charge in [-0.05, 0) is 42.5 Å². The van der Waals surface area contributed by atoms with Crippen LogP contribution < -0.4 is 10.2 Å². The number of halogens is 1. The first kappa shape index (κ1) is 20.9. The van der Waals surface area contributed by atoms with E-state index >= 15 is 0 Å². The van der Waals surface area contributed by atoms with Crippen molar-refractivity contribution in [3.05, 3.63) is 104 Å². The molecule has 0 fully saturated rings. The van der Waals surface area contributed by atoms with Gasteiger partial charge in [0.25, 0.3) is 5.91 Å². The van der Waals surface area contributed by atoms with Crippen LogP contribution in [0, 0.1) is 10.1 Å². The highest BCUT2D eigenvalue weighted by molar-refractivity contribution is 9.10. The SMILES string of the molecule is O=C(NN=Cc1ccc(OC(=O)c2ccccc2)c([N+](=O)[O-])c1)c1cccc(Br)c1. The lowest BCUT2D eigenvalue weighted by molar-refractivity contribution is -0.385. The molecule has 0 atom stereocenters. The summed E-state index contributed by atoms with van der Waals surface area (Å²) in [4.78, 5) is 34.9. The highest BCUT2D eigenvalue weighted by Gasteiger charge is 2.19. The van der Waals surface area contributed by atoms with E-state index in [0.29, 0.717) is 11.1 Å². The molecule has 0 saturated heterocycles. The van der Waals surface area contributed by atoms with Gasteiger partial charge in [0.15, 0.2) is 0 Å². The van der Waals surface area contributed by atoms with E-state index in [1.807, 2.05) is 0 Å². The zero-order valence-electron chi connectivity index (χ0n) is 15.3. The second-order valence-electron chi connectivity index (χ2n) is 5.95. The minimum atomic E-state index is -0.707. The van der Waals surface area contributed by atoms with E-state index < -0.39 is 22.5 Å². The van der Waals surface area contributed by atoms with Crippen LogP contribution in [0.1, 0.15) is 26.3 Å². The van der Waals surface area contributed by atoms with Crippen molar-refractivity contribution in [1.29, 1.82) is 0 Å². The molecule has 0 saturated carbocycles. The summed E-state index contributed by atoms with van der Waals surface area (Å²) >= 11 is 3.28. The van der Waals surface area contributed by atoms with Crippen LogP contribution in [0.3, 0.4) is 0 Å². The quantitative estimate of drug-likeness (QED) is 0.190. The number of ether oxygens (including phenoxy) is 1. The fraction of sp³-hybridized carbons (Fsp3) is 0. The van der Waals surface area contributed by atoms with Crippen LogP contribution in [0.2, 0.25) is 0 Å². The number of rotatable bonds is 6. The van der Waals surface area contributed by atoms with E-state index in [1.165, 1.54) is 24.4 Å². The highest BCUT2D eigenvalue weighted by atomic mass is 79.9. The molecule has 0 aliphatic carbocycles. The number of nitrogens with one attached hydrogen (secondary N) is 1. The summed E-state index contributed by atoms with van der Waals surface area (Å²) in [6, 6.07) is 18.9. The molecule has 0 unspecified atom stereocenters. The molecule has 0 aromatic heterocycles. The van der Waals surface area contributed by atoms with Crippen molar-refractivity contribution in [3.8, 4) is 5.75 Å². The standard InChI is InChI=1S/C21H14BrN3O5/c22-17-8-4-7-16(12-17)20(26)24-23-13-14-9-10-19(18(11-14)25(28)29)30-21(27)15-5-2-1-3-6-15/h1-13H,(H,24,26). The van der Waals surface area contributed by atoms with Crippen LogP contribution in [0.25, 0.3) is 0 Å². The first-order valence-electron chi connectivity index (χ1n) is 8.58. The predicted molar refractivity (Wildman–Crippen MR) is 114 cm³/mol. The van der Waals surface area contributed by atoms with Crippen LogP contribution in [0.4, 0.5) is 5.69 Å². The van der Waals surface area contributed by atoms with Crippen LogP contribution in [0.5, 0.6) is 5.75 Å². The Morgan fingerprint density at radius 2 is 1.73 bits per heavy atom. The van der Waals surface area contributed by atoms with Crippen LogP contribution >= 0.6 is 15.9 Å². The summed E-state index contributed by atoms with van der Waals surface area (Å²) in [6.07, 6.45) is 1.26. The number of carbonyl (C=O) groups is 2. The van der Waals surface area contributed by atoms with Gasteiger partial charge in [0.05, 0.1) is 16.7 Å². The molecule has 8 nitrogen and oxygen atoms in total. The molecule has 3 aromatic carbocycles. The predicted octanol–water partition coefficient (Wildman–Crippen LogP) is 4.34. The maximum Gasteiger partial charge on any atom is 0.343 e. The fourth-order valence-corrected chi connectivity index (χ4v) is 2.84. The molecule has 0 aliphatic rings. The molecule has 0 aliphatic heterocycles. The van der Waals surface area contributed by atoms with Crippen molar-refractivity contribution in [2.45, 2.75) is 0 Å². The number of nitro groups is 1. The van der Waals surface area contributed by atoms with Crippen LogP contribution in [-0.2, 0) is 0 Å². The molecule has 3 rings (SSSR count). The monoisotopic (exact) mass is 467 g/mol. The van der Waals surface area contributed by atoms with E-state index in [9.17, 15) is 19.7 Å². The Hall–Kier alpha value is -3.85. The summed E-state index contributed by atoms with van der Waals surface area (Å²) < 4.78 is 5.91. The van der Waals surface area contributed by atoms with Crippen molar-refractivity contribution in [1.82, 2.24) is 5.43 Å². The molecule has 0 radical (unpaired) electrons. The smallest absolute Gasteiger partial charge is 0.343 e. The number of hydrogen-bond acceptors (Lipinski definition) is 6. The number of hydrogen-bond donors (Lipinski definition) is 1. The maximum absolute atomic E-state index is 12.2. The topological polar surface area (TPSA) is 111 Å². The van der Waals surface area contributed by atoms with Gasteiger partial charge in [-0.2, -0.15) is 5.10 Å². The highest BCUT2D eigenvalue weighted by Crippen LogP contribution is 2.28. The molecule has 0 bridgehead atoms. The Kier molecular flexibility index (Phi) is 6.66. The van der Waals surface area contributed by atoms with E-state index in [1.54, 1.807) is 54.6 Å². The minimum Gasteiger partial charge on any atom is -0.416 e. The Morgan fingerprint density at radius 3 is 2.43 bits per heavy atom. The van der Waals surface area contributed by atoms with Crippen molar-refractivity contribution in [2.24, 2.45) is 5.10 Å². The molecule has 150 valence electrons. The third-order valence-electron chi connectivity index (χ3n) is 3.86. The summed E-state index contributed by atoms with van der Waals surface area (Å²) in [5, 5.41) is 15.2. The Labute approximate surface area is 179 Å². The van der Waals surface area contributed by atoms with Gasteiger partial charge in [-0.25, -0.2) is 10.2 Å². The second kappa shape index (κ2) is 9.57. The van der Waals surface area contributed by atoms with Gasteiger partial charge in [-0.1, -0.05) is 40.2 Å². The Balaban J connectivity index is 1.73. The van der Waals surface area contributed by atoms with Gasteiger partial charge < -0.3 is 4.74 Å². The summed E-state index contributed by atoms with van der Waals surface area (Å²) in [7, 11) is 0. The molecule has 30 heavy (non-hydrogen) atoms. The number of esters is 1. The van der Waals surface area contributed by atoms with Crippen molar-refractivity contribution in [2.75, 3.05) is 0 Å². The molecule has 0 spiro atoms. The number of carbonyl (C=O) groups excluding carboxylic acids is 2. The molecule has 0 heterocycles. The molecular weight excluding hydrogens is 454 g/mol. The normalized spacial score (nSPS) is 10.6. The average Bonchev–Trinajstić information content (AvgIpc) is 2.75. The molecule has 9 heteroatoms. The van der Waals surface area contributed by atoms with E-state index in [0.717, 1.165) is 4.47 Å². The average molecular weight is 468 g/mol. The maximum atomic E-state index is 12.2. The molecule has 1 amide bonds. The number of benzene rings is 3. The molecular formula is C21H14BrN3O5. The largest absolute Gasteiger partial charge is 0.416 e. The van der Waals surface area contributed by atoms with Crippen molar-refractivity contribution >= 4 is 39.7 Å². The zero-order chi connectivity index (χ0) is 21.5. The first-order chi connectivity index (χ1) is 14.4. The van der Waals surface area contributed by atoms with Gasteiger partial charge >= 0.3 is 11.7 Å². The lowest BCUT2D eigenvalue weighted by Crippen LogP contribution is -2.17. The fourth-order valence-electron chi connectivity index (χ4n) is 2.44. The van der Waals surface area contributed by atoms with Gasteiger partial charge in [0, 0.05) is 21.7 Å². The number of amides is 1. The first-order valence-corrected chi connectivity index (χ1v) is 9.38. The molecule has 1 N–H and O–H groups in total. The Bertz CT molecular complexity index is 1130. The Morgan fingerprint density at radius 1 is 1.00 bits per heavy atom. The third kappa shape index (κ3) is 5.36. The van der Waals surface area contributed by atoms with E-state index in [4.69, 9.17) is 4.74 Å². The van der Waals surface area contributed by atoms with Crippen LogP contribution in [-0.4, -0.2) is 23.0 Å². The zero-order valence-corrected chi connectivity index (χ0v) is 16.9. The van der Waals surface area contributed by atoms with E-state index in [2.05, 4.69) is 26.5 Å². The van der Waals surface area contributed by atoms with Crippen LogP contribution in [0.15, 0.2) is 82.4 Å². The summed E-state index contributed by atoms with van der Waals surface area (Å²) in [5.74, 6) is -1.33. The lowest BCUT2D eigenvalue weighted by atomic mass is 10.2. The summed E-state index contributed by atoms with van der Waals surface area (Å²) in [5.41, 5.74) is 2.96. The summed E-state index contributed by atoms with van der Waals surface area (Å²) in [6.45, 7) is 0. The molecule has 3 aromatic rings. The number of hydrazone groups is 1. The van der Waals surface area contributed by atoms with Gasteiger partial charge in [0.1, 0.15) is 0 Å². The van der Waals surface area contributed by atoms with Gasteiger partial charge in [-0.15, -0.1) is 0 Å². The van der Waals surface area contributed by atoms with Gasteiger partial charge in [-0.3, -0.25) is 14.9 Å². The van der Waals surface area contributed by atoms with E-state index in [-0.39, 0.29) is 11.3 Å². The second-order valence-corrected chi connectivity index (χ2v) is 6.86. The third-order valence-corrected chi connectivity index (χ3v) is 4.35. The van der Waals surface area contributed by atoms with Crippen molar-refractivity contribution in [3.63, 3.8) is 0 Å². The minimum absolute atomic E-state index is 0.191. The number of nitro benzene ring substituents is 1.